The van der Waals surface area contributed by atoms with Crippen LogP contribution in [0.1, 0.15) is 23.6 Å². The minimum absolute atomic E-state index is 0.0157. The van der Waals surface area contributed by atoms with E-state index in [4.69, 9.17) is 21.9 Å². The summed E-state index contributed by atoms with van der Waals surface area (Å²) in [4.78, 5) is 28.2. The summed E-state index contributed by atoms with van der Waals surface area (Å²) >= 11 is 6.15. The van der Waals surface area contributed by atoms with Gasteiger partial charge in [0.25, 0.3) is 5.91 Å². The Morgan fingerprint density at radius 1 is 1.21 bits per heavy atom. The fourth-order valence-corrected chi connectivity index (χ4v) is 3.69. The van der Waals surface area contributed by atoms with Gasteiger partial charge in [0.2, 0.25) is 0 Å². The first-order valence-electron chi connectivity index (χ1n) is 10.5. The lowest BCUT2D eigenvalue weighted by Gasteiger charge is -2.30. The molecule has 2 aromatic carbocycles. The van der Waals surface area contributed by atoms with Gasteiger partial charge in [0, 0.05) is 23.0 Å². The number of carbonyl (C=O) groups is 2. The van der Waals surface area contributed by atoms with Crippen LogP contribution in [0.2, 0.25) is 5.02 Å². The summed E-state index contributed by atoms with van der Waals surface area (Å²) in [6.07, 6.45) is 1.60. The fraction of sp³-hybridized carbons (Fsp3) is 0.304. The van der Waals surface area contributed by atoms with Crippen LogP contribution in [0.3, 0.4) is 0 Å². The third-order valence-electron chi connectivity index (χ3n) is 5.00. The van der Waals surface area contributed by atoms with Gasteiger partial charge in [-0.05, 0) is 41.6 Å². The van der Waals surface area contributed by atoms with Gasteiger partial charge in [-0.2, -0.15) is 0 Å². The molecule has 3 amide bonds. The van der Waals surface area contributed by atoms with Crippen LogP contribution in [0.25, 0.3) is 10.4 Å². The molecular formula is C23H25ClN6O3. The zero-order chi connectivity index (χ0) is 23.5. The largest absolute Gasteiger partial charge is 0.375 e. The Morgan fingerprint density at radius 2 is 2.03 bits per heavy atom. The summed E-state index contributed by atoms with van der Waals surface area (Å²) < 4.78 is 5.52. The molecule has 3 N–H and O–H groups in total. The Hall–Kier alpha value is -3.52. The molecule has 3 rings (SSSR count). The molecule has 0 bridgehead atoms. The van der Waals surface area contributed by atoms with E-state index in [0.29, 0.717) is 28.4 Å². The quantitative estimate of drug-likeness (QED) is 0.199. The average molecular weight is 469 g/mol. The van der Waals surface area contributed by atoms with Gasteiger partial charge in [-0.15, -0.1) is 0 Å². The lowest BCUT2D eigenvalue weighted by atomic mass is 9.94. The van der Waals surface area contributed by atoms with Gasteiger partial charge in [0.1, 0.15) is 0 Å². The molecule has 1 atom stereocenters. The Bertz CT molecular complexity index is 1050. The molecule has 0 aromatic heterocycles. The standard InChI is InChI=1S/C23H25ClN6O3/c24-18-10-4-9-17(14-18)21-20(19(28-23(32)29-21)15-33-13-12-27-30-25)22(31)26-11-5-8-16-6-2-1-3-7-16/h1-4,6-7,9-10,14,21H,5,8,11-13,15H2,(H,26,31)(H2,28,29,32). The zero-order valence-corrected chi connectivity index (χ0v) is 18.7. The van der Waals surface area contributed by atoms with E-state index in [1.807, 2.05) is 30.3 Å². The minimum Gasteiger partial charge on any atom is -0.375 e. The smallest absolute Gasteiger partial charge is 0.319 e. The number of urea groups is 1. The number of hydrogen-bond acceptors (Lipinski definition) is 4. The topological polar surface area (TPSA) is 128 Å². The number of rotatable bonds is 11. The third kappa shape index (κ3) is 7.25. The maximum absolute atomic E-state index is 13.2. The van der Waals surface area contributed by atoms with Gasteiger partial charge in [0.15, 0.2) is 0 Å². The van der Waals surface area contributed by atoms with E-state index in [0.717, 1.165) is 12.8 Å². The van der Waals surface area contributed by atoms with Crippen LogP contribution in [0.4, 0.5) is 4.79 Å². The molecule has 0 spiro atoms. The van der Waals surface area contributed by atoms with E-state index >= 15 is 0 Å². The van der Waals surface area contributed by atoms with Crippen molar-refractivity contribution in [1.82, 2.24) is 16.0 Å². The van der Waals surface area contributed by atoms with E-state index in [-0.39, 0.29) is 25.7 Å². The second-order valence-electron chi connectivity index (χ2n) is 7.33. The van der Waals surface area contributed by atoms with Crippen molar-refractivity contribution in [2.45, 2.75) is 18.9 Å². The van der Waals surface area contributed by atoms with Gasteiger partial charge >= 0.3 is 6.03 Å². The molecule has 1 unspecified atom stereocenters. The van der Waals surface area contributed by atoms with Crippen molar-refractivity contribution in [2.75, 3.05) is 26.3 Å². The molecule has 10 heteroatoms. The van der Waals surface area contributed by atoms with Gasteiger partial charge in [-0.25, -0.2) is 4.79 Å². The van der Waals surface area contributed by atoms with Gasteiger partial charge in [-0.1, -0.05) is 59.2 Å². The Kier molecular flexibility index (Phi) is 9.14. The number of ether oxygens (including phenoxy) is 1. The predicted molar refractivity (Wildman–Crippen MR) is 125 cm³/mol. The second-order valence-corrected chi connectivity index (χ2v) is 7.77. The van der Waals surface area contributed by atoms with Crippen LogP contribution >= 0.6 is 11.6 Å². The minimum atomic E-state index is -0.692. The highest BCUT2D eigenvalue weighted by molar-refractivity contribution is 6.30. The molecule has 1 aliphatic heterocycles. The molecule has 1 aliphatic rings. The fourth-order valence-electron chi connectivity index (χ4n) is 3.49. The summed E-state index contributed by atoms with van der Waals surface area (Å²) in [7, 11) is 0. The molecule has 172 valence electrons. The first kappa shape index (κ1) is 24.1. The molecule has 1 heterocycles. The molecule has 0 fully saturated rings. The van der Waals surface area contributed by atoms with Crippen molar-refractivity contribution in [2.24, 2.45) is 5.11 Å². The van der Waals surface area contributed by atoms with Crippen LogP contribution in [0.5, 0.6) is 0 Å². The molecule has 9 nitrogen and oxygen atoms in total. The maximum Gasteiger partial charge on any atom is 0.319 e. The first-order valence-corrected chi connectivity index (χ1v) is 10.9. The maximum atomic E-state index is 13.2. The lowest BCUT2D eigenvalue weighted by Crippen LogP contribution is -2.48. The molecule has 0 saturated carbocycles. The number of azide groups is 1. The third-order valence-corrected chi connectivity index (χ3v) is 5.23. The van der Waals surface area contributed by atoms with Crippen LogP contribution in [0, 0.1) is 0 Å². The Labute approximate surface area is 196 Å². The van der Waals surface area contributed by atoms with Crippen molar-refractivity contribution >= 4 is 23.5 Å². The van der Waals surface area contributed by atoms with Crippen molar-refractivity contribution in [3.8, 4) is 0 Å². The van der Waals surface area contributed by atoms with Crippen LogP contribution < -0.4 is 16.0 Å². The van der Waals surface area contributed by atoms with E-state index in [1.54, 1.807) is 24.3 Å². The van der Waals surface area contributed by atoms with Gasteiger partial charge in [0.05, 0.1) is 30.5 Å². The van der Waals surface area contributed by atoms with E-state index in [2.05, 4.69) is 26.0 Å². The highest BCUT2D eigenvalue weighted by atomic mass is 35.5. The average Bonchev–Trinajstić information content (AvgIpc) is 2.82. The summed E-state index contributed by atoms with van der Waals surface area (Å²) in [5.41, 5.74) is 11.0. The molecule has 33 heavy (non-hydrogen) atoms. The number of nitrogens with one attached hydrogen (secondary N) is 3. The highest BCUT2D eigenvalue weighted by Gasteiger charge is 2.32. The number of nitrogens with zero attached hydrogens (tertiary/aromatic N) is 3. The van der Waals surface area contributed by atoms with E-state index in [1.165, 1.54) is 5.56 Å². The normalized spacial score (nSPS) is 15.3. The zero-order valence-electron chi connectivity index (χ0n) is 18.0. The SMILES string of the molecule is [N-]=[N+]=NCCOCC1=C(C(=O)NCCCc2ccccc2)C(c2cccc(Cl)c2)NC(=O)N1. The van der Waals surface area contributed by atoms with Crippen LogP contribution in [-0.4, -0.2) is 38.2 Å². The Balaban J connectivity index is 1.76. The molecular weight excluding hydrogens is 444 g/mol. The molecule has 0 aliphatic carbocycles. The monoisotopic (exact) mass is 468 g/mol. The number of hydrogen-bond donors (Lipinski definition) is 3. The van der Waals surface area contributed by atoms with Crippen molar-refractivity contribution in [3.05, 3.63) is 92.5 Å². The second kappa shape index (κ2) is 12.5. The van der Waals surface area contributed by atoms with Gasteiger partial charge < -0.3 is 20.7 Å². The van der Waals surface area contributed by atoms with Crippen LogP contribution in [-0.2, 0) is 16.0 Å². The summed E-state index contributed by atoms with van der Waals surface area (Å²) in [6, 6.07) is 15.9. The van der Waals surface area contributed by atoms with Gasteiger partial charge in [-0.3, -0.25) is 4.79 Å². The highest BCUT2D eigenvalue weighted by Crippen LogP contribution is 2.28. The van der Waals surface area contributed by atoms with Crippen molar-refractivity contribution in [1.29, 1.82) is 0 Å². The Morgan fingerprint density at radius 3 is 2.79 bits per heavy atom. The summed E-state index contributed by atoms with van der Waals surface area (Å²) in [6.45, 7) is 0.760. The van der Waals surface area contributed by atoms with Crippen molar-refractivity contribution < 1.29 is 14.3 Å². The van der Waals surface area contributed by atoms with E-state index in [9.17, 15) is 9.59 Å². The number of carbonyl (C=O) groups excluding carboxylic acids is 2. The number of halogens is 1. The summed E-state index contributed by atoms with van der Waals surface area (Å²) in [5, 5.41) is 12.3. The van der Waals surface area contributed by atoms with Crippen molar-refractivity contribution in [3.63, 3.8) is 0 Å². The summed E-state index contributed by atoms with van der Waals surface area (Å²) in [5.74, 6) is -0.311. The van der Waals surface area contributed by atoms with E-state index < -0.39 is 12.1 Å². The van der Waals surface area contributed by atoms with Crippen LogP contribution in [0.15, 0.2) is 71.0 Å². The lowest BCUT2D eigenvalue weighted by molar-refractivity contribution is -0.118. The molecule has 0 saturated heterocycles. The number of amides is 3. The number of benzene rings is 2. The predicted octanol–water partition coefficient (Wildman–Crippen LogP) is 4.02. The number of aryl methyl sites for hydroxylation is 1. The molecule has 0 radical (unpaired) electrons. The molecule has 2 aromatic rings. The first-order chi connectivity index (χ1) is 16.1.